The molecule has 0 saturated heterocycles. The number of nitrogens with one attached hydrogen (secondary N) is 1. The quantitative estimate of drug-likeness (QED) is 0.883. The van der Waals surface area contributed by atoms with Crippen LogP contribution in [0.25, 0.3) is 0 Å². The molecule has 2 aromatic carbocycles. The van der Waals surface area contributed by atoms with Gasteiger partial charge in [-0.25, -0.2) is 4.39 Å². The highest BCUT2D eigenvalue weighted by Gasteiger charge is 2.06. The number of anilines is 1. The molecule has 0 spiro atoms. The van der Waals surface area contributed by atoms with Crippen molar-refractivity contribution in [1.29, 1.82) is 0 Å². The highest BCUT2D eigenvalue weighted by molar-refractivity contribution is 6.04. The number of hydrogen-bond acceptors (Lipinski definition) is 1. The van der Waals surface area contributed by atoms with Gasteiger partial charge in [0.2, 0.25) is 0 Å². The van der Waals surface area contributed by atoms with E-state index in [-0.39, 0.29) is 11.7 Å². The largest absolute Gasteiger partial charge is 0.322 e. The smallest absolute Gasteiger partial charge is 0.255 e. The van der Waals surface area contributed by atoms with Crippen molar-refractivity contribution < 1.29 is 9.18 Å². The van der Waals surface area contributed by atoms with E-state index in [4.69, 9.17) is 0 Å². The van der Waals surface area contributed by atoms with Crippen molar-refractivity contribution in [2.45, 2.75) is 20.3 Å². The van der Waals surface area contributed by atoms with Crippen LogP contribution in [-0.4, -0.2) is 5.91 Å². The lowest BCUT2D eigenvalue weighted by Gasteiger charge is -2.08. The molecule has 0 bridgehead atoms. The van der Waals surface area contributed by atoms with E-state index in [1.54, 1.807) is 0 Å². The second kappa shape index (κ2) is 6.33. The molecule has 20 heavy (non-hydrogen) atoms. The van der Waals surface area contributed by atoms with Crippen LogP contribution in [-0.2, 0) is 6.42 Å². The summed E-state index contributed by atoms with van der Waals surface area (Å²) in [4.78, 5) is 12.0. The number of rotatable bonds is 4. The van der Waals surface area contributed by atoms with E-state index < -0.39 is 0 Å². The Bertz CT molecular complexity index is 573. The Morgan fingerprint density at radius 3 is 2.20 bits per heavy atom. The van der Waals surface area contributed by atoms with Crippen molar-refractivity contribution in [3.63, 3.8) is 0 Å². The molecule has 2 rings (SSSR count). The normalized spacial score (nSPS) is 10.6. The van der Waals surface area contributed by atoms with Crippen LogP contribution in [0.15, 0.2) is 48.5 Å². The summed E-state index contributed by atoms with van der Waals surface area (Å²) >= 11 is 0. The van der Waals surface area contributed by atoms with Crippen LogP contribution in [0.4, 0.5) is 10.1 Å². The second-order valence-corrected chi connectivity index (χ2v) is 5.26. The average Bonchev–Trinajstić information content (AvgIpc) is 2.41. The van der Waals surface area contributed by atoms with Gasteiger partial charge in [0, 0.05) is 11.3 Å². The minimum Gasteiger partial charge on any atom is -0.322 e. The van der Waals surface area contributed by atoms with E-state index in [1.807, 2.05) is 24.3 Å². The molecular weight excluding hydrogens is 253 g/mol. The van der Waals surface area contributed by atoms with E-state index in [0.717, 1.165) is 12.1 Å². The zero-order valence-electron chi connectivity index (χ0n) is 11.7. The SMILES string of the molecule is CC(C)Cc1ccc(NC(=O)c2ccc(F)cc2)cc1. The maximum atomic E-state index is 12.8. The number of benzene rings is 2. The van der Waals surface area contributed by atoms with Gasteiger partial charge in [-0.1, -0.05) is 26.0 Å². The van der Waals surface area contributed by atoms with Crippen LogP contribution < -0.4 is 5.32 Å². The molecule has 0 aliphatic rings. The summed E-state index contributed by atoms with van der Waals surface area (Å²) in [6.45, 7) is 4.34. The molecule has 1 N–H and O–H groups in total. The van der Waals surface area contributed by atoms with Crippen LogP contribution >= 0.6 is 0 Å². The Morgan fingerprint density at radius 2 is 1.65 bits per heavy atom. The monoisotopic (exact) mass is 271 g/mol. The van der Waals surface area contributed by atoms with Crippen LogP contribution in [0, 0.1) is 11.7 Å². The Kier molecular flexibility index (Phi) is 4.51. The van der Waals surface area contributed by atoms with Crippen molar-refractivity contribution in [3.8, 4) is 0 Å². The lowest BCUT2D eigenvalue weighted by Crippen LogP contribution is -2.11. The number of hydrogen-bond donors (Lipinski definition) is 1. The fourth-order valence-electron chi connectivity index (χ4n) is 2.00. The van der Waals surface area contributed by atoms with E-state index in [9.17, 15) is 9.18 Å². The van der Waals surface area contributed by atoms with Gasteiger partial charge in [0.05, 0.1) is 0 Å². The van der Waals surface area contributed by atoms with Gasteiger partial charge in [0.15, 0.2) is 0 Å². The first kappa shape index (κ1) is 14.3. The molecule has 104 valence electrons. The number of carbonyl (C=O) groups excluding carboxylic acids is 1. The summed E-state index contributed by atoms with van der Waals surface area (Å²) < 4.78 is 12.8. The molecule has 1 amide bonds. The van der Waals surface area contributed by atoms with E-state index in [0.29, 0.717) is 11.5 Å². The minimum absolute atomic E-state index is 0.235. The third kappa shape index (κ3) is 3.92. The van der Waals surface area contributed by atoms with Gasteiger partial charge < -0.3 is 5.32 Å². The number of halogens is 1. The molecule has 0 saturated carbocycles. The van der Waals surface area contributed by atoms with E-state index in [1.165, 1.54) is 29.8 Å². The third-order valence-electron chi connectivity index (χ3n) is 2.96. The fourth-order valence-corrected chi connectivity index (χ4v) is 2.00. The van der Waals surface area contributed by atoms with Gasteiger partial charge in [-0.05, 0) is 54.3 Å². The van der Waals surface area contributed by atoms with Crippen LogP contribution in [0.1, 0.15) is 29.8 Å². The molecule has 0 unspecified atom stereocenters. The number of amides is 1. The topological polar surface area (TPSA) is 29.1 Å². The molecule has 0 aliphatic heterocycles. The third-order valence-corrected chi connectivity index (χ3v) is 2.96. The average molecular weight is 271 g/mol. The number of carbonyl (C=O) groups is 1. The molecule has 2 nitrogen and oxygen atoms in total. The van der Waals surface area contributed by atoms with Crippen LogP contribution in [0.2, 0.25) is 0 Å². The van der Waals surface area contributed by atoms with E-state index >= 15 is 0 Å². The van der Waals surface area contributed by atoms with Gasteiger partial charge >= 0.3 is 0 Å². The summed E-state index contributed by atoms with van der Waals surface area (Å²) in [7, 11) is 0. The molecule has 0 fully saturated rings. The lowest BCUT2D eigenvalue weighted by atomic mass is 10.0. The van der Waals surface area contributed by atoms with Gasteiger partial charge in [-0.15, -0.1) is 0 Å². The summed E-state index contributed by atoms with van der Waals surface area (Å²) in [6.07, 6.45) is 1.02. The first-order chi connectivity index (χ1) is 9.54. The van der Waals surface area contributed by atoms with Gasteiger partial charge in [0.1, 0.15) is 5.82 Å². The summed E-state index contributed by atoms with van der Waals surface area (Å²) in [5.74, 6) is 0.0239. The standard InChI is InChI=1S/C17H18FNO/c1-12(2)11-13-3-9-16(10-4-13)19-17(20)14-5-7-15(18)8-6-14/h3-10,12H,11H2,1-2H3,(H,19,20). The molecule has 0 heterocycles. The van der Waals surface area contributed by atoms with Crippen molar-refractivity contribution in [2.24, 2.45) is 5.92 Å². The zero-order valence-corrected chi connectivity index (χ0v) is 11.7. The molecule has 0 aliphatic carbocycles. The second-order valence-electron chi connectivity index (χ2n) is 5.26. The fraction of sp³-hybridized carbons (Fsp3) is 0.235. The van der Waals surface area contributed by atoms with Gasteiger partial charge in [-0.2, -0.15) is 0 Å². The van der Waals surface area contributed by atoms with Crippen molar-refractivity contribution in [1.82, 2.24) is 0 Å². The molecular formula is C17H18FNO. The van der Waals surface area contributed by atoms with Gasteiger partial charge in [0.25, 0.3) is 5.91 Å². The molecule has 0 atom stereocenters. The summed E-state index contributed by atoms with van der Waals surface area (Å²) in [5.41, 5.74) is 2.43. The first-order valence-electron chi connectivity index (χ1n) is 6.70. The Balaban J connectivity index is 2.02. The maximum Gasteiger partial charge on any atom is 0.255 e. The lowest BCUT2D eigenvalue weighted by molar-refractivity contribution is 0.102. The van der Waals surface area contributed by atoms with E-state index in [2.05, 4.69) is 19.2 Å². The molecule has 0 radical (unpaired) electrons. The highest BCUT2D eigenvalue weighted by atomic mass is 19.1. The highest BCUT2D eigenvalue weighted by Crippen LogP contribution is 2.14. The predicted octanol–water partition coefficient (Wildman–Crippen LogP) is 4.28. The molecule has 3 heteroatoms. The maximum absolute atomic E-state index is 12.8. The van der Waals surface area contributed by atoms with Crippen molar-refractivity contribution in [2.75, 3.05) is 5.32 Å². The molecule has 0 aromatic heterocycles. The van der Waals surface area contributed by atoms with Crippen molar-refractivity contribution >= 4 is 11.6 Å². The Labute approximate surface area is 118 Å². The Morgan fingerprint density at radius 1 is 1.05 bits per heavy atom. The summed E-state index contributed by atoms with van der Waals surface area (Å²) in [6, 6.07) is 13.3. The summed E-state index contributed by atoms with van der Waals surface area (Å²) in [5, 5.41) is 2.80. The Hall–Kier alpha value is -2.16. The molecule has 2 aromatic rings. The van der Waals surface area contributed by atoms with Crippen LogP contribution in [0.3, 0.4) is 0 Å². The van der Waals surface area contributed by atoms with Crippen LogP contribution in [0.5, 0.6) is 0 Å². The first-order valence-corrected chi connectivity index (χ1v) is 6.70. The van der Waals surface area contributed by atoms with Crippen molar-refractivity contribution in [3.05, 3.63) is 65.5 Å². The predicted molar refractivity (Wildman–Crippen MR) is 79.3 cm³/mol. The minimum atomic E-state index is -0.348. The van der Waals surface area contributed by atoms with Gasteiger partial charge in [-0.3, -0.25) is 4.79 Å². The zero-order chi connectivity index (χ0) is 14.5.